The lowest BCUT2D eigenvalue weighted by Gasteiger charge is -2.24. The van der Waals surface area contributed by atoms with Gasteiger partial charge in [-0.3, -0.25) is 0 Å². The number of nitrogens with zero attached hydrogens (tertiary/aromatic N) is 1. The standard InChI is InChI=1S/C9H20N2OS/c1-5-13(10,12)11-6-7(2)8(3)9(11)4/h7-10H,5-6H2,1-4H3. The Labute approximate surface area is 81.6 Å². The van der Waals surface area contributed by atoms with Crippen molar-refractivity contribution in [2.24, 2.45) is 11.8 Å². The van der Waals surface area contributed by atoms with Gasteiger partial charge in [-0.1, -0.05) is 20.8 Å². The number of hydrogen-bond donors (Lipinski definition) is 1. The summed E-state index contributed by atoms with van der Waals surface area (Å²) in [6.45, 7) is 9.08. The van der Waals surface area contributed by atoms with Crippen molar-refractivity contribution in [1.29, 1.82) is 4.78 Å². The van der Waals surface area contributed by atoms with Crippen molar-refractivity contribution in [2.45, 2.75) is 33.7 Å². The van der Waals surface area contributed by atoms with E-state index in [1.165, 1.54) is 0 Å². The van der Waals surface area contributed by atoms with E-state index in [0.717, 1.165) is 6.54 Å². The third kappa shape index (κ3) is 1.89. The highest BCUT2D eigenvalue weighted by Gasteiger charge is 2.37. The van der Waals surface area contributed by atoms with Crippen LogP contribution in [-0.4, -0.2) is 26.9 Å². The summed E-state index contributed by atoms with van der Waals surface area (Å²) in [5.41, 5.74) is 0. The van der Waals surface area contributed by atoms with E-state index in [4.69, 9.17) is 4.78 Å². The summed E-state index contributed by atoms with van der Waals surface area (Å²) in [4.78, 5) is 0. The molecule has 1 rings (SSSR count). The first-order valence-corrected chi connectivity index (χ1v) is 6.61. The van der Waals surface area contributed by atoms with Crippen LogP contribution in [0.15, 0.2) is 0 Å². The molecule has 0 radical (unpaired) electrons. The molecule has 0 aromatic heterocycles. The van der Waals surface area contributed by atoms with Gasteiger partial charge in [0, 0.05) is 18.3 Å². The molecule has 4 heteroatoms. The zero-order valence-electron chi connectivity index (χ0n) is 8.91. The first-order valence-electron chi connectivity index (χ1n) is 4.93. The molecule has 1 saturated heterocycles. The van der Waals surface area contributed by atoms with E-state index in [1.807, 2.05) is 11.2 Å². The summed E-state index contributed by atoms with van der Waals surface area (Å²) in [7, 11) is -2.48. The SMILES string of the molecule is CCS(=N)(=O)N1CC(C)C(C)C1C. The monoisotopic (exact) mass is 204 g/mol. The summed E-state index contributed by atoms with van der Waals surface area (Å²) in [5.74, 6) is 1.56. The third-order valence-corrected chi connectivity index (χ3v) is 5.37. The highest BCUT2D eigenvalue weighted by Crippen LogP contribution is 2.31. The minimum absolute atomic E-state index is 0.292. The first-order chi connectivity index (χ1) is 5.90. The van der Waals surface area contributed by atoms with Gasteiger partial charge in [0.1, 0.15) is 9.92 Å². The zero-order valence-corrected chi connectivity index (χ0v) is 9.73. The number of nitrogens with one attached hydrogen (secondary N) is 1. The highest BCUT2D eigenvalue weighted by atomic mass is 32.2. The van der Waals surface area contributed by atoms with Crippen LogP contribution in [-0.2, 0) is 9.92 Å². The predicted octanol–water partition coefficient (Wildman–Crippen LogP) is 1.94. The van der Waals surface area contributed by atoms with Gasteiger partial charge in [-0.25, -0.2) is 13.3 Å². The Balaban J connectivity index is 2.86. The van der Waals surface area contributed by atoms with Crippen LogP contribution in [0.25, 0.3) is 0 Å². The zero-order chi connectivity index (χ0) is 10.2. The Bertz CT molecular complexity index is 273. The maximum Gasteiger partial charge on any atom is 0.107 e. The molecule has 0 amide bonds. The first kappa shape index (κ1) is 11.0. The molecule has 13 heavy (non-hydrogen) atoms. The molecule has 1 heterocycles. The van der Waals surface area contributed by atoms with Gasteiger partial charge in [0.05, 0.1) is 0 Å². The van der Waals surface area contributed by atoms with E-state index in [0.29, 0.717) is 23.6 Å². The molecule has 3 nitrogen and oxygen atoms in total. The summed E-state index contributed by atoms with van der Waals surface area (Å²) in [6.07, 6.45) is 0. The summed E-state index contributed by atoms with van der Waals surface area (Å²) in [5, 5.41) is 0. The predicted molar refractivity (Wildman–Crippen MR) is 55.9 cm³/mol. The van der Waals surface area contributed by atoms with Gasteiger partial charge in [-0.05, 0) is 18.8 Å². The Morgan fingerprint density at radius 2 is 2.00 bits per heavy atom. The smallest absolute Gasteiger partial charge is 0.107 e. The molecule has 0 aromatic carbocycles. The molecule has 0 bridgehead atoms. The molecule has 1 N–H and O–H groups in total. The van der Waals surface area contributed by atoms with Gasteiger partial charge in [0.2, 0.25) is 0 Å². The summed E-state index contributed by atoms with van der Waals surface area (Å²) < 4.78 is 21.5. The summed E-state index contributed by atoms with van der Waals surface area (Å²) >= 11 is 0. The lowest BCUT2D eigenvalue weighted by molar-refractivity contribution is 0.380. The maximum absolute atomic E-state index is 11.9. The second-order valence-corrected chi connectivity index (χ2v) is 6.43. The second kappa shape index (κ2) is 3.58. The van der Waals surface area contributed by atoms with Gasteiger partial charge >= 0.3 is 0 Å². The Morgan fingerprint density at radius 3 is 2.31 bits per heavy atom. The van der Waals surface area contributed by atoms with Crippen LogP contribution in [0.3, 0.4) is 0 Å². The van der Waals surface area contributed by atoms with Crippen molar-refractivity contribution in [2.75, 3.05) is 12.3 Å². The van der Waals surface area contributed by atoms with E-state index < -0.39 is 9.92 Å². The molecule has 0 saturated carbocycles. The van der Waals surface area contributed by atoms with Crippen LogP contribution in [0.2, 0.25) is 0 Å². The third-order valence-electron chi connectivity index (χ3n) is 3.35. The van der Waals surface area contributed by atoms with Gasteiger partial charge in [0.15, 0.2) is 0 Å². The molecule has 0 aromatic rings. The van der Waals surface area contributed by atoms with Crippen LogP contribution >= 0.6 is 0 Å². The Kier molecular flexibility index (Phi) is 3.02. The molecule has 1 fully saturated rings. The maximum atomic E-state index is 11.9. The molecule has 1 aliphatic heterocycles. The molecule has 4 unspecified atom stereocenters. The van der Waals surface area contributed by atoms with Crippen LogP contribution in [0.5, 0.6) is 0 Å². The molecule has 1 aliphatic rings. The van der Waals surface area contributed by atoms with Gasteiger partial charge in [0.25, 0.3) is 0 Å². The van der Waals surface area contributed by atoms with E-state index in [2.05, 4.69) is 20.8 Å². The van der Waals surface area contributed by atoms with E-state index >= 15 is 0 Å². The Hall–Kier alpha value is -0.0900. The largest absolute Gasteiger partial charge is 0.240 e. The Morgan fingerprint density at radius 1 is 1.46 bits per heavy atom. The lowest BCUT2D eigenvalue weighted by atomic mass is 9.95. The van der Waals surface area contributed by atoms with Crippen LogP contribution in [0.1, 0.15) is 27.7 Å². The van der Waals surface area contributed by atoms with Crippen molar-refractivity contribution in [3.63, 3.8) is 0 Å². The average molecular weight is 204 g/mol. The molecule has 0 aliphatic carbocycles. The molecule has 78 valence electrons. The van der Waals surface area contributed by atoms with Crippen LogP contribution < -0.4 is 0 Å². The molecule has 0 spiro atoms. The molecular weight excluding hydrogens is 184 g/mol. The second-order valence-electron chi connectivity index (χ2n) is 4.11. The van der Waals surface area contributed by atoms with Crippen molar-refractivity contribution < 1.29 is 4.21 Å². The van der Waals surface area contributed by atoms with Crippen molar-refractivity contribution in [1.82, 2.24) is 4.31 Å². The van der Waals surface area contributed by atoms with E-state index in [1.54, 1.807) is 0 Å². The quantitative estimate of drug-likeness (QED) is 0.734. The van der Waals surface area contributed by atoms with Crippen LogP contribution in [0.4, 0.5) is 0 Å². The van der Waals surface area contributed by atoms with Crippen LogP contribution in [0, 0.1) is 16.6 Å². The minimum Gasteiger partial charge on any atom is -0.240 e. The fraction of sp³-hybridized carbons (Fsp3) is 1.00. The van der Waals surface area contributed by atoms with Gasteiger partial charge in [-0.15, -0.1) is 0 Å². The van der Waals surface area contributed by atoms with Crippen molar-refractivity contribution in [3.8, 4) is 0 Å². The molecular formula is C9H20N2OS. The van der Waals surface area contributed by atoms with Crippen molar-refractivity contribution >= 4 is 9.92 Å². The number of rotatable bonds is 2. The van der Waals surface area contributed by atoms with Gasteiger partial charge < -0.3 is 0 Å². The normalized spacial score (nSPS) is 40.5. The minimum atomic E-state index is -2.48. The fourth-order valence-corrected chi connectivity index (χ4v) is 3.45. The summed E-state index contributed by atoms with van der Waals surface area (Å²) in [6, 6.07) is 0.292. The molecule has 4 atom stereocenters. The lowest BCUT2D eigenvalue weighted by Crippen LogP contribution is -2.35. The highest BCUT2D eigenvalue weighted by molar-refractivity contribution is 7.90. The topological polar surface area (TPSA) is 44.2 Å². The van der Waals surface area contributed by atoms with Crippen molar-refractivity contribution in [3.05, 3.63) is 0 Å². The van der Waals surface area contributed by atoms with Gasteiger partial charge in [-0.2, -0.15) is 0 Å². The number of hydrogen-bond acceptors (Lipinski definition) is 2. The van der Waals surface area contributed by atoms with E-state index in [9.17, 15) is 4.21 Å². The fourth-order valence-electron chi connectivity index (χ4n) is 1.91. The average Bonchev–Trinajstić information content (AvgIpc) is 2.33. The van der Waals surface area contributed by atoms with E-state index in [-0.39, 0.29) is 0 Å².